The third-order valence-corrected chi connectivity index (χ3v) is 3.72. The van der Waals surface area contributed by atoms with Crippen molar-refractivity contribution in [1.82, 2.24) is 15.6 Å². The van der Waals surface area contributed by atoms with Crippen LogP contribution in [-0.2, 0) is 20.9 Å². The summed E-state index contributed by atoms with van der Waals surface area (Å²) in [7, 11) is 0. The molecular formula is C17H26N4O3. The number of nitrogens with zero attached hydrogens (tertiary/aromatic N) is 2. The van der Waals surface area contributed by atoms with Gasteiger partial charge in [-0.15, -0.1) is 0 Å². The summed E-state index contributed by atoms with van der Waals surface area (Å²) in [5.41, 5.74) is 0.419. The van der Waals surface area contributed by atoms with Crippen LogP contribution in [0, 0.1) is 5.41 Å². The van der Waals surface area contributed by atoms with Crippen molar-refractivity contribution in [2.24, 2.45) is 5.41 Å². The van der Waals surface area contributed by atoms with Crippen molar-refractivity contribution in [1.29, 1.82) is 0 Å². The van der Waals surface area contributed by atoms with Crippen LogP contribution in [0.15, 0.2) is 18.3 Å². The van der Waals surface area contributed by atoms with E-state index in [4.69, 9.17) is 4.74 Å². The molecule has 0 unspecified atom stereocenters. The van der Waals surface area contributed by atoms with E-state index in [1.807, 2.05) is 32.9 Å². The molecule has 2 N–H and O–H groups in total. The van der Waals surface area contributed by atoms with Gasteiger partial charge in [0, 0.05) is 31.2 Å². The van der Waals surface area contributed by atoms with Crippen LogP contribution >= 0.6 is 0 Å². The van der Waals surface area contributed by atoms with Crippen molar-refractivity contribution in [3.63, 3.8) is 0 Å². The minimum Gasteiger partial charge on any atom is -0.378 e. The van der Waals surface area contributed by atoms with Gasteiger partial charge in [0.15, 0.2) is 0 Å². The SMILES string of the molecule is CC(C)(C)C(=O)NCC(=O)NCc1ccc(N2CCOCC2)nc1. The first-order valence-corrected chi connectivity index (χ1v) is 8.19. The lowest BCUT2D eigenvalue weighted by molar-refractivity contribution is -0.131. The standard InChI is InChI=1S/C17H26N4O3/c1-17(2,3)16(23)20-12-15(22)19-11-13-4-5-14(18-10-13)21-6-8-24-9-7-21/h4-5,10H,6-9,11-12H2,1-3H3,(H,19,22)(H,20,23). The lowest BCUT2D eigenvalue weighted by Crippen LogP contribution is -2.41. The molecule has 1 aliphatic heterocycles. The van der Waals surface area contributed by atoms with Crippen LogP contribution in [0.2, 0.25) is 0 Å². The van der Waals surface area contributed by atoms with Gasteiger partial charge in [-0.3, -0.25) is 9.59 Å². The molecule has 0 saturated carbocycles. The Hall–Kier alpha value is -2.15. The highest BCUT2D eigenvalue weighted by Crippen LogP contribution is 2.13. The maximum atomic E-state index is 11.8. The number of hydrogen-bond donors (Lipinski definition) is 2. The van der Waals surface area contributed by atoms with E-state index in [-0.39, 0.29) is 18.4 Å². The Morgan fingerprint density at radius 1 is 1.21 bits per heavy atom. The Morgan fingerprint density at radius 2 is 1.92 bits per heavy atom. The maximum Gasteiger partial charge on any atom is 0.239 e. The largest absolute Gasteiger partial charge is 0.378 e. The van der Waals surface area contributed by atoms with Crippen LogP contribution < -0.4 is 15.5 Å². The Morgan fingerprint density at radius 3 is 2.50 bits per heavy atom. The molecule has 0 aromatic carbocycles. The number of rotatable bonds is 5. The molecule has 24 heavy (non-hydrogen) atoms. The topological polar surface area (TPSA) is 83.6 Å². The third-order valence-electron chi connectivity index (χ3n) is 3.72. The quantitative estimate of drug-likeness (QED) is 0.828. The van der Waals surface area contributed by atoms with Gasteiger partial charge < -0.3 is 20.3 Å². The van der Waals surface area contributed by atoms with Crippen molar-refractivity contribution in [3.8, 4) is 0 Å². The van der Waals surface area contributed by atoms with Crippen molar-refractivity contribution in [2.45, 2.75) is 27.3 Å². The van der Waals surface area contributed by atoms with E-state index in [1.165, 1.54) is 0 Å². The van der Waals surface area contributed by atoms with Crippen molar-refractivity contribution < 1.29 is 14.3 Å². The molecule has 7 nitrogen and oxygen atoms in total. The molecule has 1 aromatic heterocycles. The second-order valence-corrected chi connectivity index (χ2v) is 6.83. The zero-order chi connectivity index (χ0) is 17.6. The van der Waals surface area contributed by atoms with Crippen LogP contribution in [0.25, 0.3) is 0 Å². The van der Waals surface area contributed by atoms with Gasteiger partial charge in [-0.2, -0.15) is 0 Å². The van der Waals surface area contributed by atoms with E-state index in [9.17, 15) is 9.59 Å². The van der Waals surface area contributed by atoms with E-state index in [1.54, 1.807) is 6.20 Å². The van der Waals surface area contributed by atoms with E-state index < -0.39 is 5.41 Å². The average Bonchev–Trinajstić information content (AvgIpc) is 2.58. The van der Waals surface area contributed by atoms with Crippen LogP contribution in [0.3, 0.4) is 0 Å². The molecular weight excluding hydrogens is 308 g/mol. The molecule has 1 aliphatic rings. The molecule has 2 heterocycles. The smallest absolute Gasteiger partial charge is 0.239 e. The average molecular weight is 334 g/mol. The van der Waals surface area contributed by atoms with Gasteiger partial charge in [0.2, 0.25) is 11.8 Å². The molecule has 0 radical (unpaired) electrons. The van der Waals surface area contributed by atoms with Crippen molar-refractivity contribution in [2.75, 3.05) is 37.7 Å². The van der Waals surface area contributed by atoms with E-state index in [0.717, 1.165) is 37.7 Å². The molecule has 1 saturated heterocycles. The fourth-order valence-electron chi connectivity index (χ4n) is 2.19. The first kappa shape index (κ1) is 18.2. The molecule has 2 amide bonds. The normalized spacial score (nSPS) is 15.0. The summed E-state index contributed by atoms with van der Waals surface area (Å²) < 4.78 is 5.32. The lowest BCUT2D eigenvalue weighted by Gasteiger charge is -2.27. The monoisotopic (exact) mass is 334 g/mol. The minimum atomic E-state index is -0.500. The minimum absolute atomic E-state index is 0.0185. The first-order chi connectivity index (χ1) is 11.4. The number of carbonyl (C=O) groups is 2. The molecule has 0 spiro atoms. The number of carbonyl (C=O) groups excluding carboxylic acids is 2. The highest BCUT2D eigenvalue weighted by atomic mass is 16.5. The van der Waals surface area contributed by atoms with Gasteiger partial charge >= 0.3 is 0 Å². The number of ether oxygens (including phenoxy) is 1. The summed E-state index contributed by atoms with van der Waals surface area (Å²) >= 11 is 0. The second kappa shape index (κ2) is 8.10. The number of aromatic nitrogens is 1. The van der Waals surface area contributed by atoms with Gasteiger partial charge in [0.05, 0.1) is 19.8 Å². The zero-order valence-electron chi connectivity index (χ0n) is 14.6. The zero-order valence-corrected chi connectivity index (χ0v) is 14.6. The van der Waals surface area contributed by atoms with Crippen LogP contribution in [0.5, 0.6) is 0 Å². The molecule has 2 rings (SSSR count). The van der Waals surface area contributed by atoms with Crippen LogP contribution in [-0.4, -0.2) is 49.6 Å². The number of anilines is 1. The number of pyridine rings is 1. The number of hydrogen-bond acceptors (Lipinski definition) is 5. The Kier molecular flexibility index (Phi) is 6.14. The van der Waals surface area contributed by atoms with Gasteiger partial charge in [-0.1, -0.05) is 26.8 Å². The lowest BCUT2D eigenvalue weighted by atomic mass is 9.96. The highest BCUT2D eigenvalue weighted by molar-refractivity contribution is 5.87. The van der Waals surface area contributed by atoms with E-state index in [0.29, 0.717) is 6.54 Å². The van der Waals surface area contributed by atoms with Gasteiger partial charge in [-0.25, -0.2) is 4.98 Å². The number of amides is 2. The first-order valence-electron chi connectivity index (χ1n) is 8.19. The molecule has 0 bridgehead atoms. The Bertz CT molecular complexity index is 560. The fraction of sp³-hybridized carbons (Fsp3) is 0.588. The molecule has 0 aliphatic carbocycles. The Labute approximate surface area is 142 Å². The highest BCUT2D eigenvalue weighted by Gasteiger charge is 2.21. The van der Waals surface area contributed by atoms with E-state index in [2.05, 4.69) is 20.5 Å². The summed E-state index contributed by atoms with van der Waals surface area (Å²) in [6, 6.07) is 3.90. The van der Waals surface area contributed by atoms with Crippen molar-refractivity contribution in [3.05, 3.63) is 23.9 Å². The van der Waals surface area contributed by atoms with Crippen LogP contribution in [0.4, 0.5) is 5.82 Å². The summed E-state index contributed by atoms with van der Waals surface area (Å²) in [5.74, 6) is 0.560. The van der Waals surface area contributed by atoms with Crippen LogP contribution in [0.1, 0.15) is 26.3 Å². The summed E-state index contributed by atoms with van der Waals surface area (Å²) in [5, 5.41) is 5.40. The number of nitrogens with one attached hydrogen (secondary N) is 2. The second-order valence-electron chi connectivity index (χ2n) is 6.83. The molecule has 1 fully saturated rings. The van der Waals surface area contributed by atoms with Gasteiger partial charge in [0.1, 0.15) is 5.82 Å². The summed E-state index contributed by atoms with van der Waals surface area (Å²) in [6.07, 6.45) is 1.76. The fourth-order valence-corrected chi connectivity index (χ4v) is 2.19. The van der Waals surface area contributed by atoms with Gasteiger partial charge in [0.25, 0.3) is 0 Å². The summed E-state index contributed by atoms with van der Waals surface area (Å²) in [6.45, 7) is 8.93. The Balaban J connectivity index is 1.75. The predicted molar refractivity (Wildman–Crippen MR) is 91.6 cm³/mol. The van der Waals surface area contributed by atoms with Gasteiger partial charge in [-0.05, 0) is 11.6 Å². The summed E-state index contributed by atoms with van der Waals surface area (Å²) in [4.78, 5) is 30.1. The number of morpholine rings is 1. The molecule has 132 valence electrons. The third kappa shape index (κ3) is 5.49. The van der Waals surface area contributed by atoms with E-state index >= 15 is 0 Å². The molecule has 1 aromatic rings. The maximum absolute atomic E-state index is 11.8. The predicted octanol–water partition coefficient (Wildman–Crippen LogP) is 0.697. The molecule has 0 atom stereocenters. The molecule has 7 heteroatoms. The van der Waals surface area contributed by atoms with Crippen molar-refractivity contribution >= 4 is 17.6 Å².